The zero-order valence-electron chi connectivity index (χ0n) is 9.50. The lowest BCUT2D eigenvalue weighted by Gasteiger charge is -2.31. The van der Waals surface area contributed by atoms with Crippen LogP contribution in [0.5, 0.6) is 0 Å². The molecule has 0 bridgehead atoms. The zero-order chi connectivity index (χ0) is 11.4. The average molecular weight is 196 g/mol. The molecule has 0 aromatic carbocycles. The standard InChI is InChI=1S/C12H20O2/c1-9(2)12(4,5)10(3)7-6-8-11(13)14/h6,8,10H,1,7H2,2-5H3,(H,13,14)/b8-6+. The van der Waals surface area contributed by atoms with Crippen molar-refractivity contribution in [1.29, 1.82) is 0 Å². The summed E-state index contributed by atoms with van der Waals surface area (Å²) in [5.41, 5.74) is 1.19. The molecule has 0 aliphatic carbocycles. The minimum Gasteiger partial charge on any atom is -0.478 e. The predicted molar refractivity (Wildman–Crippen MR) is 59.2 cm³/mol. The first kappa shape index (κ1) is 12.9. The summed E-state index contributed by atoms with van der Waals surface area (Å²) in [5, 5.41) is 8.43. The van der Waals surface area contributed by atoms with Crippen LogP contribution in [0.1, 0.15) is 34.1 Å². The van der Waals surface area contributed by atoms with Crippen LogP contribution in [-0.2, 0) is 4.79 Å². The van der Waals surface area contributed by atoms with Gasteiger partial charge in [-0.2, -0.15) is 0 Å². The van der Waals surface area contributed by atoms with E-state index in [9.17, 15) is 4.79 Å². The molecule has 0 saturated carbocycles. The number of hydrogen-bond acceptors (Lipinski definition) is 1. The Morgan fingerprint density at radius 1 is 1.57 bits per heavy atom. The summed E-state index contributed by atoms with van der Waals surface area (Å²) in [7, 11) is 0. The number of carbonyl (C=O) groups is 1. The lowest BCUT2D eigenvalue weighted by Crippen LogP contribution is -2.22. The highest BCUT2D eigenvalue weighted by atomic mass is 16.4. The fourth-order valence-corrected chi connectivity index (χ4v) is 1.09. The third kappa shape index (κ3) is 3.77. The number of allylic oxidation sites excluding steroid dienone is 2. The molecule has 1 N–H and O–H groups in total. The quantitative estimate of drug-likeness (QED) is 0.541. The second-order valence-corrected chi connectivity index (χ2v) is 4.38. The molecule has 0 aromatic heterocycles. The third-order valence-electron chi connectivity index (χ3n) is 3.08. The number of hydrogen-bond donors (Lipinski definition) is 1. The Morgan fingerprint density at radius 3 is 2.43 bits per heavy atom. The van der Waals surface area contributed by atoms with Gasteiger partial charge in [-0.05, 0) is 24.7 Å². The maximum Gasteiger partial charge on any atom is 0.327 e. The molecule has 0 radical (unpaired) electrons. The highest BCUT2D eigenvalue weighted by molar-refractivity contribution is 5.79. The normalized spacial score (nSPS) is 14.3. The van der Waals surface area contributed by atoms with Gasteiger partial charge in [0.05, 0.1) is 0 Å². The zero-order valence-corrected chi connectivity index (χ0v) is 9.50. The second-order valence-electron chi connectivity index (χ2n) is 4.38. The monoisotopic (exact) mass is 196 g/mol. The molecule has 1 unspecified atom stereocenters. The first-order valence-corrected chi connectivity index (χ1v) is 4.84. The average Bonchev–Trinajstić information content (AvgIpc) is 2.02. The first-order valence-electron chi connectivity index (χ1n) is 4.84. The van der Waals surface area contributed by atoms with Crippen LogP contribution in [0.25, 0.3) is 0 Å². The van der Waals surface area contributed by atoms with Crippen molar-refractivity contribution in [3.05, 3.63) is 24.3 Å². The highest BCUT2D eigenvalue weighted by Gasteiger charge is 2.25. The summed E-state index contributed by atoms with van der Waals surface area (Å²) < 4.78 is 0. The SMILES string of the molecule is C=C(C)C(C)(C)C(C)C/C=C/C(=O)O. The van der Waals surface area contributed by atoms with E-state index >= 15 is 0 Å². The molecule has 1 atom stereocenters. The number of rotatable bonds is 5. The van der Waals surface area contributed by atoms with Crippen LogP contribution < -0.4 is 0 Å². The lowest BCUT2D eigenvalue weighted by molar-refractivity contribution is -0.131. The van der Waals surface area contributed by atoms with E-state index in [2.05, 4.69) is 27.4 Å². The van der Waals surface area contributed by atoms with Crippen LogP contribution in [0, 0.1) is 11.3 Å². The summed E-state index contributed by atoms with van der Waals surface area (Å²) in [6, 6.07) is 0. The molecule has 0 heterocycles. The van der Waals surface area contributed by atoms with Crippen molar-refractivity contribution in [2.45, 2.75) is 34.1 Å². The fraction of sp³-hybridized carbons (Fsp3) is 0.583. The topological polar surface area (TPSA) is 37.3 Å². The number of carboxylic acids is 1. The van der Waals surface area contributed by atoms with Crippen LogP contribution in [0.2, 0.25) is 0 Å². The highest BCUT2D eigenvalue weighted by Crippen LogP contribution is 2.35. The lowest BCUT2D eigenvalue weighted by atomic mass is 9.73. The molecular weight excluding hydrogens is 176 g/mol. The van der Waals surface area contributed by atoms with Crippen molar-refractivity contribution in [1.82, 2.24) is 0 Å². The van der Waals surface area contributed by atoms with E-state index in [0.29, 0.717) is 5.92 Å². The van der Waals surface area contributed by atoms with Crippen molar-refractivity contribution in [2.24, 2.45) is 11.3 Å². The minimum absolute atomic E-state index is 0.0584. The molecule has 2 heteroatoms. The first-order chi connectivity index (χ1) is 6.28. The fourth-order valence-electron chi connectivity index (χ4n) is 1.09. The minimum atomic E-state index is -0.884. The van der Waals surface area contributed by atoms with Gasteiger partial charge in [-0.1, -0.05) is 39.0 Å². The molecule has 0 amide bonds. The molecule has 0 fully saturated rings. The molecule has 14 heavy (non-hydrogen) atoms. The Bertz CT molecular complexity index is 249. The van der Waals surface area contributed by atoms with Gasteiger partial charge in [-0.15, -0.1) is 0 Å². The van der Waals surface area contributed by atoms with Crippen molar-refractivity contribution in [2.75, 3.05) is 0 Å². The summed E-state index contributed by atoms with van der Waals surface area (Å²) in [5.74, 6) is -0.485. The van der Waals surface area contributed by atoms with Gasteiger partial charge in [0.2, 0.25) is 0 Å². The van der Waals surface area contributed by atoms with Crippen LogP contribution >= 0.6 is 0 Å². The van der Waals surface area contributed by atoms with Crippen molar-refractivity contribution >= 4 is 5.97 Å². The van der Waals surface area contributed by atoms with Crippen molar-refractivity contribution in [3.63, 3.8) is 0 Å². The van der Waals surface area contributed by atoms with E-state index in [1.165, 1.54) is 6.08 Å². The van der Waals surface area contributed by atoms with Crippen LogP contribution in [-0.4, -0.2) is 11.1 Å². The van der Waals surface area contributed by atoms with Crippen LogP contribution in [0.3, 0.4) is 0 Å². The van der Waals surface area contributed by atoms with Gasteiger partial charge in [0, 0.05) is 6.08 Å². The van der Waals surface area contributed by atoms with Gasteiger partial charge < -0.3 is 5.11 Å². The van der Waals surface area contributed by atoms with Crippen LogP contribution in [0.4, 0.5) is 0 Å². The number of carboxylic acid groups (broad SMARTS) is 1. The Kier molecular flexibility index (Phi) is 4.61. The van der Waals surface area contributed by atoms with Gasteiger partial charge in [0.15, 0.2) is 0 Å². The Labute approximate surface area is 86.3 Å². The summed E-state index contributed by atoms with van der Waals surface area (Å²) in [6.07, 6.45) is 3.68. The molecule has 80 valence electrons. The maximum absolute atomic E-state index is 10.3. The van der Waals surface area contributed by atoms with Gasteiger partial charge in [0.25, 0.3) is 0 Å². The predicted octanol–water partition coefficient (Wildman–Crippen LogP) is 3.26. The van der Waals surface area contributed by atoms with Crippen molar-refractivity contribution in [3.8, 4) is 0 Å². The molecule has 0 aromatic rings. The summed E-state index contributed by atoms with van der Waals surface area (Å²) >= 11 is 0. The molecule has 0 rings (SSSR count). The van der Waals surface area contributed by atoms with E-state index in [-0.39, 0.29) is 5.41 Å². The third-order valence-corrected chi connectivity index (χ3v) is 3.08. The van der Waals surface area contributed by atoms with Crippen LogP contribution in [0.15, 0.2) is 24.3 Å². The Hall–Kier alpha value is -1.05. The molecule has 2 nitrogen and oxygen atoms in total. The van der Waals surface area contributed by atoms with Gasteiger partial charge in [-0.25, -0.2) is 4.79 Å². The van der Waals surface area contributed by atoms with E-state index in [4.69, 9.17) is 5.11 Å². The van der Waals surface area contributed by atoms with E-state index < -0.39 is 5.97 Å². The maximum atomic E-state index is 10.3. The van der Waals surface area contributed by atoms with Gasteiger partial charge in [0.1, 0.15) is 0 Å². The smallest absolute Gasteiger partial charge is 0.327 e. The molecule has 0 aliphatic rings. The molecular formula is C12H20O2. The second kappa shape index (κ2) is 4.99. The summed E-state index contributed by atoms with van der Waals surface area (Å²) in [6.45, 7) is 12.3. The van der Waals surface area contributed by atoms with E-state index in [0.717, 1.165) is 12.0 Å². The summed E-state index contributed by atoms with van der Waals surface area (Å²) in [4.78, 5) is 10.3. The Morgan fingerprint density at radius 2 is 2.07 bits per heavy atom. The van der Waals surface area contributed by atoms with Gasteiger partial charge in [-0.3, -0.25) is 0 Å². The molecule has 0 aliphatic heterocycles. The van der Waals surface area contributed by atoms with E-state index in [1.54, 1.807) is 6.08 Å². The Balaban J connectivity index is 4.28. The largest absolute Gasteiger partial charge is 0.478 e. The van der Waals surface area contributed by atoms with Crippen molar-refractivity contribution < 1.29 is 9.90 Å². The van der Waals surface area contributed by atoms with E-state index in [1.807, 2.05) is 6.92 Å². The number of aliphatic carboxylic acids is 1. The molecule has 0 saturated heterocycles. The molecule has 0 spiro atoms. The van der Waals surface area contributed by atoms with Gasteiger partial charge >= 0.3 is 5.97 Å².